The third kappa shape index (κ3) is 3.11. The van der Waals surface area contributed by atoms with Crippen molar-refractivity contribution < 1.29 is 19.5 Å². The molecule has 1 aliphatic heterocycles. The van der Waals surface area contributed by atoms with Crippen LogP contribution < -0.4 is 10.4 Å². The number of anilines is 1. The number of aliphatic carboxylic acids is 1. The van der Waals surface area contributed by atoms with Crippen LogP contribution in [0.1, 0.15) is 12.0 Å². The second-order valence-electron chi connectivity index (χ2n) is 4.33. The third-order valence-corrected chi connectivity index (χ3v) is 3.88. The summed E-state index contributed by atoms with van der Waals surface area (Å²) in [6.07, 6.45) is -0.352. The number of aryl methyl sites for hydroxylation is 1. The molecule has 0 aliphatic carbocycles. The first-order valence-electron chi connectivity index (χ1n) is 6.03. The smallest absolute Gasteiger partial charge is 0.290 e. The summed E-state index contributed by atoms with van der Waals surface area (Å²) in [5.74, 6) is -1.71. The molecule has 0 spiro atoms. The Kier molecular flexibility index (Phi) is 4.29. The molecule has 6 nitrogen and oxygen atoms in total. The Balaban J connectivity index is 2.04. The van der Waals surface area contributed by atoms with Gasteiger partial charge in [-0.1, -0.05) is 18.2 Å². The van der Waals surface area contributed by atoms with E-state index in [4.69, 9.17) is 0 Å². The number of nitrogens with one attached hydrogen (secondary N) is 1. The maximum atomic E-state index is 12.1. The summed E-state index contributed by atoms with van der Waals surface area (Å²) in [6.45, 7) is 1.74. The van der Waals surface area contributed by atoms with Crippen molar-refractivity contribution in [1.29, 1.82) is 0 Å². The fourth-order valence-corrected chi connectivity index (χ4v) is 2.74. The van der Waals surface area contributed by atoms with Crippen molar-refractivity contribution in [3.63, 3.8) is 0 Å². The monoisotopic (exact) mass is 293 g/mol. The standard InChI is InChI=1S/C13H14N2O4S/c1-8-4-2-3-5-9(8)14-11-12(18)15(13(19)20-11)7-6-10(16)17/h2-5,11,14H,6-7H2,1H3,(H,16,17)/p-1/t11-/m1/s1. The fraction of sp³-hybridized carbons (Fsp3) is 0.308. The van der Waals surface area contributed by atoms with Crippen LogP contribution in [0.4, 0.5) is 10.5 Å². The molecule has 0 unspecified atom stereocenters. The molecule has 1 aromatic carbocycles. The van der Waals surface area contributed by atoms with E-state index >= 15 is 0 Å². The molecule has 1 fully saturated rings. The van der Waals surface area contributed by atoms with Crippen molar-refractivity contribution in [3.05, 3.63) is 29.8 Å². The summed E-state index contributed by atoms with van der Waals surface area (Å²) in [7, 11) is 0. The maximum Gasteiger partial charge on any atom is 0.290 e. The molecule has 0 saturated carbocycles. The van der Waals surface area contributed by atoms with Crippen molar-refractivity contribution in [2.24, 2.45) is 0 Å². The zero-order valence-electron chi connectivity index (χ0n) is 10.8. The third-order valence-electron chi connectivity index (χ3n) is 2.90. The van der Waals surface area contributed by atoms with E-state index in [-0.39, 0.29) is 13.0 Å². The van der Waals surface area contributed by atoms with Gasteiger partial charge in [-0.2, -0.15) is 0 Å². The van der Waals surface area contributed by atoms with Gasteiger partial charge in [0.2, 0.25) is 0 Å². The molecular weight excluding hydrogens is 280 g/mol. The van der Waals surface area contributed by atoms with Crippen molar-refractivity contribution >= 4 is 34.6 Å². The molecule has 20 heavy (non-hydrogen) atoms. The second-order valence-corrected chi connectivity index (χ2v) is 5.39. The van der Waals surface area contributed by atoms with Crippen LogP contribution in [-0.2, 0) is 9.59 Å². The van der Waals surface area contributed by atoms with Crippen LogP contribution in [0.5, 0.6) is 0 Å². The lowest BCUT2D eigenvalue weighted by atomic mass is 10.2. The normalized spacial score (nSPS) is 18.4. The Bertz CT molecular complexity index is 561. The maximum absolute atomic E-state index is 12.1. The number of rotatable bonds is 5. The van der Waals surface area contributed by atoms with E-state index in [1.54, 1.807) is 0 Å². The minimum Gasteiger partial charge on any atom is -0.550 e. The highest BCUT2D eigenvalue weighted by atomic mass is 32.2. The summed E-state index contributed by atoms with van der Waals surface area (Å²) >= 11 is 0.850. The van der Waals surface area contributed by atoms with E-state index in [1.165, 1.54) is 0 Å². The van der Waals surface area contributed by atoms with E-state index < -0.39 is 22.5 Å². The second kappa shape index (κ2) is 5.96. The molecule has 1 aromatic rings. The van der Waals surface area contributed by atoms with Crippen LogP contribution in [0, 0.1) is 6.92 Å². The Morgan fingerprint density at radius 1 is 1.40 bits per heavy atom. The molecule has 2 amide bonds. The van der Waals surface area contributed by atoms with E-state index in [9.17, 15) is 19.5 Å². The molecule has 1 aliphatic rings. The Morgan fingerprint density at radius 3 is 2.75 bits per heavy atom. The van der Waals surface area contributed by atoms with Crippen LogP contribution in [0.25, 0.3) is 0 Å². The molecule has 0 bridgehead atoms. The quantitative estimate of drug-likeness (QED) is 0.853. The van der Waals surface area contributed by atoms with Gasteiger partial charge >= 0.3 is 0 Å². The molecule has 106 valence electrons. The van der Waals surface area contributed by atoms with E-state index in [0.717, 1.165) is 27.9 Å². The molecule has 1 N–H and O–H groups in total. The largest absolute Gasteiger partial charge is 0.550 e. The number of para-hydroxylation sites is 1. The number of hydrogen-bond acceptors (Lipinski definition) is 6. The summed E-state index contributed by atoms with van der Waals surface area (Å²) in [4.78, 5) is 35.1. The summed E-state index contributed by atoms with van der Waals surface area (Å²) in [6, 6.07) is 7.41. The predicted octanol–water partition coefficient (Wildman–Crippen LogP) is 0.568. The summed E-state index contributed by atoms with van der Waals surface area (Å²) < 4.78 is 0. The molecule has 1 atom stereocenters. The average molecular weight is 293 g/mol. The molecule has 1 heterocycles. The van der Waals surface area contributed by atoms with Crippen molar-refractivity contribution in [3.8, 4) is 0 Å². The van der Waals surface area contributed by atoms with Crippen LogP contribution >= 0.6 is 11.8 Å². The van der Waals surface area contributed by atoms with Gasteiger partial charge in [0.25, 0.3) is 11.1 Å². The number of carbonyl (C=O) groups is 3. The lowest BCUT2D eigenvalue weighted by Gasteiger charge is -2.15. The lowest BCUT2D eigenvalue weighted by Crippen LogP contribution is -2.37. The number of carboxylic acids is 1. The minimum absolute atomic E-state index is 0.154. The Morgan fingerprint density at radius 2 is 2.10 bits per heavy atom. The van der Waals surface area contributed by atoms with Crippen LogP contribution in [0.15, 0.2) is 24.3 Å². The first-order valence-corrected chi connectivity index (χ1v) is 6.91. The van der Waals surface area contributed by atoms with Crippen LogP contribution in [0.3, 0.4) is 0 Å². The number of nitrogens with zero attached hydrogens (tertiary/aromatic N) is 1. The summed E-state index contributed by atoms with van der Waals surface area (Å²) in [5.41, 5.74) is 1.73. The number of hydrogen-bond donors (Lipinski definition) is 1. The van der Waals surface area contributed by atoms with E-state index in [0.29, 0.717) is 0 Å². The van der Waals surface area contributed by atoms with E-state index in [2.05, 4.69) is 5.32 Å². The average Bonchev–Trinajstić information content (AvgIpc) is 2.65. The fourth-order valence-electron chi connectivity index (χ4n) is 1.82. The van der Waals surface area contributed by atoms with Gasteiger partial charge in [-0.05, 0) is 30.3 Å². The number of carbonyl (C=O) groups excluding carboxylic acids is 3. The number of imide groups is 1. The predicted molar refractivity (Wildman–Crippen MR) is 72.9 cm³/mol. The van der Waals surface area contributed by atoms with Gasteiger partial charge < -0.3 is 15.2 Å². The zero-order valence-corrected chi connectivity index (χ0v) is 11.6. The number of benzene rings is 1. The van der Waals surface area contributed by atoms with Gasteiger partial charge in [0.05, 0.1) is 0 Å². The molecule has 0 radical (unpaired) electrons. The van der Waals surface area contributed by atoms with Crippen molar-refractivity contribution in [2.45, 2.75) is 18.7 Å². The van der Waals surface area contributed by atoms with Crippen LogP contribution in [0.2, 0.25) is 0 Å². The van der Waals surface area contributed by atoms with Crippen molar-refractivity contribution in [1.82, 2.24) is 4.90 Å². The minimum atomic E-state index is -1.29. The highest BCUT2D eigenvalue weighted by Gasteiger charge is 2.39. The summed E-state index contributed by atoms with van der Waals surface area (Å²) in [5, 5.41) is 12.2. The van der Waals surface area contributed by atoms with E-state index in [1.807, 2.05) is 31.2 Å². The highest BCUT2D eigenvalue weighted by molar-refractivity contribution is 8.15. The van der Waals surface area contributed by atoms with Gasteiger partial charge in [0.1, 0.15) is 0 Å². The Hall–Kier alpha value is -2.02. The zero-order chi connectivity index (χ0) is 14.7. The lowest BCUT2D eigenvalue weighted by molar-refractivity contribution is -0.305. The number of carboxylic acid groups (broad SMARTS) is 1. The molecule has 7 heteroatoms. The van der Waals surface area contributed by atoms with Crippen LogP contribution in [-0.4, -0.2) is 33.9 Å². The first kappa shape index (κ1) is 14.4. The Labute approximate surface area is 120 Å². The van der Waals surface area contributed by atoms with Gasteiger partial charge in [-0.15, -0.1) is 0 Å². The van der Waals surface area contributed by atoms with Crippen molar-refractivity contribution in [2.75, 3.05) is 11.9 Å². The van der Waals surface area contributed by atoms with Gasteiger partial charge in [-0.25, -0.2) is 0 Å². The topological polar surface area (TPSA) is 89.5 Å². The first-order chi connectivity index (χ1) is 9.49. The number of thioether (sulfide) groups is 1. The number of amides is 2. The molecular formula is C13H13N2O4S-. The molecule has 1 saturated heterocycles. The van der Waals surface area contributed by atoms with Gasteiger partial charge in [0, 0.05) is 24.6 Å². The van der Waals surface area contributed by atoms with Gasteiger partial charge in [0.15, 0.2) is 5.37 Å². The highest BCUT2D eigenvalue weighted by Crippen LogP contribution is 2.29. The molecule has 0 aromatic heterocycles. The molecule has 2 rings (SSSR count). The SMILES string of the molecule is Cc1ccccc1N[C@@H]1SC(=O)N(CCC(=O)[O-])C1=O. The van der Waals surface area contributed by atoms with Gasteiger partial charge in [-0.3, -0.25) is 14.5 Å².